The molecule has 0 aromatic rings. The molecule has 0 radical (unpaired) electrons. The lowest BCUT2D eigenvalue weighted by Crippen LogP contribution is -2.25. The molecule has 2 aliphatic rings. The summed E-state index contributed by atoms with van der Waals surface area (Å²) in [6.45, 7) is 8.51. The van der Waals surface area contributed by atoms with E-state index in [1.165, 1.54) is 38.5 Å². The van der Waals surface area contributed by atoms with Gasteiger partial charge in [-0.2, -0.15) is 0 Å². The van der Waals surface area contributed by atoms with Crippen molar-refractivity contribution in [3.05, 3.63) is 12.7 Å². The fourth-order valence-electron chi connectivity index (χ4n) is 3.45. The molecule has 0 amide bonds. The van der Waals surface area contributed by atoms with Crippen molar-refractivity contribution in [2.45, 2.75) is 64.6 Å². The van der Waals surface area contributed by atoms with E-state index in [-0.39, 0.29) is 0 Å². The Morgan fingerprint density at radius 1 is 1.19 bits per heavy atom. The normalized spacial score (nSPS) is 36.8. The van der Waals surface area contributed by atoms with Crippen LogP contribution in [0.1, 0.15) is 52.4 Å². The first-order valence-corrected chi connectivity index (χ1v) is 7.00. The Morgan fingerprint density at radius 2 is 1.88 bits per heavy atom. The molecule has 1 saturated heterocycles. The van der Waals surface area contributed by atoms with Gasteiger partial charge in [0.25, 0.3) is 0 Å². The van der Waals surface area contributed by atoms with Gasteiger partial charge in [0.15, 0.2) is 0 Å². The SMILES string of the molecule is C=C[C@@H]1C[C@H](C2CCCCC2)O[C@@H]1C(C)C. The van der Waals surface area contributed by atoms with E-state index in [0.29, 0.717) is 24.0 Å². The molecule has 1 nitrogen and oxygen atoms in total. The Labute approximate surface area is 100 Å². The van der Waals surface area contributed by atoms with Crippen LogP contribution in [0.2, 0.25) is 0 Å². The van der Waals surface area contributed by atoms with Gasteiger partial charge >= 0.3 is 0 Å². The minimum absolute atomic E-state index is 0.421. The van der Waals surface area contributed by atoms with Gasteiger partial charge in [0.2, 0.25) is 0 Å². The Balaban J connectivity index is 1.95. The molecule has 1 aliphatic heterocycles. The third-order valence-electron chi connectivity index (χ3n) is 4.39. The summed E-state index contributed by atoms with van der Waals surface area (Å²) < 4.78 is 6.29. The van der Waals surface area contributed by atoms with Crippen LogP contribution in [-0.4, -0.2) is 12.2 Å². The van der Waals surface area contributed by atoms with Crippen LogP contribution in [-0.2, 0) is 4.74 Å². The van der Waals surface area contributed by atoms with Crippen molar-refractivity contribution in [2.75, 3.05) is 0 Å². The molecule has 0 aromatic carbocycles. The second-order valence-corrected chi connectivity index (χ2v) is 5.92. The predicted molar refractivity (Wildman–Crippen MR) is 68.4 cm³/mol. The first-order valence-electron chi connectivity index (χ1n) is 7.00. The minimum Gasteiger partial charge on any atom is -0.374 e. The summed E-state index contributed by atoms with van der Waals surface area (Å²) in [4.78, 5) is 0. The molecule has 0 unspecified atom stereocenters. The average Bonchev–Trinajstić information content (AvgIpc) is 2.74. The molecule has 0 aromatic heterocycles. The van der Waals surface area contributed by atoms with E-state index < -0.39 is 0 Å². The lowest BCUT2D eigenvalue weighted by atomic mass is 9.82. The maximum absolute atomic E-state index is 6.29. The van der Waals surface area contributed by atoms with Crippen LogP contribution < -0.4 is 0 Å². The van der Waals surface area contributed by atoms with Gasteiger partial charge in [0, 0.05) is 5.92 Å². The molecule has 1 heterocycles. The van der Waals surface area contributed by atoms with Gasteiger partial charge in [-0.15, -0.1) is 6.58 Å². The second kappa shape index (κ2) is 5.35. The van der Waals surface area contributed by atoms with Crippen LogP contribution in [0.4, 0.5) is 0 Å². The zero-order chi connectivity index (χ0) is 11.5. The van der Waals surface area contributed by atoms with Crippen molar-refractivity contribution >= 4 is 0 Å². The van der Waals surface area contributed by atoms with E-state index in [1.54, 1.807) is 0 Å². The molecular formula is C15H26O. The minimum atomic E-state index is 0.421. The first kappa shape index (κ1) is 12.2. The summed E-state index contributed by atoms with van der Waals surface area (Å²) in [5.41, 5.74) is 0. The van der Waals surface area contributed by atoms with Gasteiger partial charge in [-0.1, -0.05) is 39.2 Å². The number of hydrogen-bond donors (Lipinski definition) is 0. The summed E-state index contributed by atoms with van der Waals surface area (Å²) in [6.07, 6.45) is 11.3. The monoisotopic (exact) mass is 222 g/mol. The average molecular weight is 222 g/mol. The van der Waals surface area contributed by atoms with Crippen molar-refractivity contribution in [3.8, 4) is 0 Å². The van der Waals surface area contributed by atoms with E-state index in [9.17, 15) is 0 Å². The van der Waals surface area contributed by atoms with Crippen molar-refractivity contribution in [1.29, 1.82) is 0 Å². The second-order valence-electron chi connectivity index (χ2n) is 5.92. The van der Waals surface area contributed by atoms with Gasteiger partial charge in [-0.05, 0) is 31.1 Å². The molecule has 2 rings (SSSR count). The van der Waals surface area contributed by atoms with Crippen LogP contribution in [0, 0.1) is 17.8 Å². The first-order chi connectivity index (χ1) is 7.72. The van der Waals surface area contributed by atoms with Crippen LogP contribution >= 0.6 is 0 Å². The Morgan fingerprint density at radius 3 is 2.38 bits per heavy atom. The zero-order valence-corrected chi connectivity index (χ0v) is 10.8. The summed E-state index contributed by atoms with van der Waals surface area (Å²) in [5.74, 6) is 2.04. The number of hydrogen-bond acceptors (Lipinski definition) is 1. The maximum atomic E-state index is 6.29. The van der Waals surface area contributed by atoms with Crippen molar-refractivity contribution < 1.29 is 4.74 Å². The Hall–Kier alpha value is -0.300. The summed E-state index contributed by atoms with van der Waals surface area (Å²) in [6, 6.07) is 0. The fourth-order valence-corrected chi connectivity index (χ4v) is 3.45. The third-order valence-corrected chi connectivity index (χ3v) is 4.39. The quantitative estimate of drug-likeness (QED) is 0.651. The van der Waals surface area contributed by atoms with E-state index in [1.807, 2.05) is 0 Å². The molecule has 1 saturated carbocycles. The highest BCUT2D eigenvalue weighted by molar-refractivity contribution is 4.96. The van der Waals surface area contributed by atoms with Gasteiger partial charge in [-0.25, -0.2) is 0 Å². The van der Waals surface area contributed by atoms with Gasteiger partial charge in [-0.3, -0.25) is 0 Å². The summed E-state index contributed by atoms with van der Waals surface area (Å²) in [7, 11) is 0. The van der Waals surface area contributed by atoms with E-state index in [0.717, 1.165) is 5.92 Å². The van der Waals surface area contributed by atoms with E-state index in [2.05, 4.69) is 26.5 Å². The van der Waals surface area contributed by atoms with Crippen LogP contribution in [0.15, 0.2) is 12.7 Å². The van der Waals surface area contributed by atoms with Gasteiger partial charge in [0.1, 0.15) is 0 Å². The molecule has 1 heteroatoms. The lowest BCUT2D eigenvalue weighted by molar-refractivity contribution is -0.0228. The highest BCUT2D eigenvalue weighted by atomic mass is 16.5. The zero-order valence-electron chi connectivity index (χ0n) is 10.8. The van der Waals surface area contributed by atoms with Crippen LogP contribution in [0.5, 0.6) is 0 Å². The Bertz CT molecular complexity index is 228. The molecule has 2 fully saturated rings. The van der Waals surface area contributed by atoms with Crippen molar-refractivity contribution in [1.82, 2.24) is 0 Å². The molecule has 16 heavy (non-hydrogen) atoms. The Kier molecular flexibility index (Phi) is 4.07. The molecule has 0 bridgehead atoms. The van der Waals surface area contributed by atoms with Crippen molar-refractivity contribution in [2.24, 2.45) is 17.8 Å². The van der Waals surface area contributed by atoms with Gasteiger partial charge in [0.05, 0.1) is 12.2 Å². The number of ether oxygens (including phenoxy) is 1. The molecular weight excluding hydrogens is 196 g/mol. The van der Waals surface area contributed by atoms with Crippen LogP contribution in [0.25, 0.3) is 0 Å². The maximum Gasteiger partial charge on any atom is 0.0665 e. The largest absolute Gasteiger partial charge is 0.374 e. The smallest absolute Gasteiger partial charge is 0.0665 e. The molecule has 3 atom stereocenters. The third kappa shape index (κ3) is 2.51. The van der Waals surface area contributed by atoms with Gasteiger partial charge < -0.3 is 4.74 Å². The highest BCUT2D eigenvalue weighted by Crippen LogP contribution is 2.39. The van der Waals surface area contributed by atoms with Crippen LogP contribution in [0.3, 0.4) is 0 Å². The molecule has 92 valence electrons. The highest BCUT2D eigenvalue weighted by Gasteiger charge is 2.38. The fraction of sp³-hybridized carbons (Fsp3) is 0.867. The molecule has 0 spiro atoms. The summed E-state index contributed by atoms with van der Waals surface area (Å²) in [5, 5.41) is 0. The lowest BCUT2D eigenvalue weighted by Gasteiger charge is -2.27. The predicted octanol–water partition coefficient (Wildman–Crippen LogP) is 4.18. The topological polar surface area (TPSA) is 9.23 Å². The molecule has 0 N–H and O–H groups in total. The molecule has 1 aliphatic carbocycles. The standard InChI is InChI=1S/C15H26O/c1-4-12-10-14(16-15(12)11(2)3)13-8-6-5-7-9-13/h4,11-15H,1,5-10H2,2-3H3/t12-,14-,15-/m1/s1. The van der Waals surface area contributed by atoms with E-state index in [4.69, 9.17) is 4.74 Å². The van der Waals surface area contributed by atoms with Crippen molar-refractivity contribution in [3.63, 3.8) is 0 Å². The summed E-state index contributed by atoms with van der Waals surface area (Å²) >= 11 is 0. The number of rotatable bonds is 3. The van der Waals surface area contributed by atoms with E-state index >= 15 is 0 Å².